The molecule has 2 N–H and O–H groups in total. The van der Waals surface area contributed by atoms with Gasteiger partial charge in [-0.05, 0) is 61.1 Å². The summed E-state index contributed by atoms with van der Waals surface area (Å²) in [5.74, 6) is -0.470. The Morgan fingerprint density at radius 1 is 0.618 bits per heavy atom. The summed E-state index contributed by atoms with van der Waals surface area (Å²) < 4.78 is 53.1. The number of hydrogen-bond donors (Lipinski definition) is 2. The predicted molar refractivity (Wildman–Crippen MR) is 143 cm³/mol. The highest BCUT2D eigenvalue weighted by molar-refractivity contribution is 8.14. The van der Waals surface area contributed by atoms with Gasteiger partial charge in [0.2, 0.25) is 0 Å². The first-order valence-electron chi connectivity index (χ1n) is 12.1. The fourth-order valence-electron chi connectivity index (χ4n) is 3.43. The van der Waals surface area contributed by atoms with Gasteiger partial charge in [-0.25, -0.2) is 16.8 Å². The van der Waals surface area contributed by atoms with Crippen LogP contribution >= 0.6 is 0 Å². The van der Waals surface area contributed by atoms with Gasteiger partial charge in [0.05, 0.1) is 11.5 Å². The summed E-state index contributed by atoms with van der Waals surface area (Å²) in [5.41, 5.74) is 3.48. The van der Waals surface area contributed by atoms with E-state index in [1.165, 1.54) is 0 Å². The SMILES string of the molecule is CCCCS(=O)(=O)C(=C(Nc1ccc(CC)cc1)Nc1ccc(CC)cc1)S(=O)(=O)CCCC. The van der Waals surface area contributed by atoms with E-state index in [9.17, 15) is 16.8 Å². The first kappa shape index (κ1) is 27.9. The monoisotopic (exact) mass is 506 g/mol. The van der Waals surface area contributed by atoms with Crippen molar-refractivity contribution >= 4 is 31.0 Å². The molecule has 0 heterocycles. The third-order valence-electron chi connectivity index (χ3n) is 5.57. The van der Waals surface area contributed by atoms with Crippen molar-refractivity contribution in [1.82, 2.24) is 0 Å². The summed E-state index contributed by atoms with van der Waals surface area (Å²) in [6, 6.07) is 15.1. The van der Waals surface area contributed by atoms with Gasteiger partial charge in [-0.2, -0.15) is 0 Å². The highest BCUT2D eigenvalue weighted by Gasteiger charge is 2.34. The molecule has 0 aliphatic heterocycles. The van der Waals surface area contributed by atoms with Gasteiger partial charge >= 0.3 is 0 Å². The third kappa shape index (κ3) is 7.87. The van der Waals surface area contributed by atoms with Crippen LogP contribution in [-0.2, 0) is 32.5 Å². The summed E-state index contributed by atoms with van der Waals surface area (Å²) in [4.78, 5) is 0. The molecule has 2 aromatic carbocycles. The minimum absolute atomic E-state index is 0.0271. The van der Waals surface area contributed by atoms with E-state index in [1.807, 2.05) is 76.2 Å². The summed E-state index contributed by atoms with van der Waals surface area (Å²) in [6.07, 6.45) is 3.81. The van der Waals surface area contributed by atoms with Crippen molar-refractivity contribution in [2.75, 3.05) is 22.1 Å². The lowest BCUT2D eigenvalue weighted by Gasteiger charge is -2.20. The second kappa shape index (κ2) is 13.0. The van der Waals surface area contributed by atoms with Gasteiger partial charge in [0.15, 0.2) is 23.9 Å². The Bertz CT molecular complexity index is 1060. The molecule has 0 saturated heterocycles. The van der Waals surface area contributed by atoms with Crippen LogP contribution in [0.4, 0.5) is 11.4 Å². The van der Waals surface area contributed by atoms with Crippen LogP contribution in [0.15, 0.2) is 58.6 Å². The molecule has 0 atom stereocenters. The number of benzene rings is 2. The largest absolute Gasteiger partial charge is 0.340 e. The molecule has 0 aliphatic carbocycles. The molecular weight excluding hydrogens is 468 g/mol. The lowest BCUT2D eigenvalue weighted by molar-refractivity contribution is 0.591. The summed E-state index contributed by atoms with van der Waals surface area (Å²) in [6.45, 7) is 7.86. The number of hydrogen-bond acceptors (Lipinski definition) is 6. The smallest absolute Gasteiger partial charge is 0.199 e. The predicted octanol–water partition coefficient (Wildman–Crippen LogP) is 5.89. The van der Waals surface area contributed by atoms with Crippen molar-refractivity contribution in [1.29, 1.82) is 0 Å². The van der Waals surface area contributed by atoms with Gasteiger partial charge in [0.1, 0.15) is 5.82 Å². The molecular formula is C26H38N2O4S2. The van der Waals surface area contributed by atoms with Crippen molar-refractivity contribution in [2.45, 2.75) is 66.2 Å². The molecule has 0 unspecified atom stereocenters. The zero-order valence-electron chi connectivity index (χ0n) is 20.7. The van der Waals surface area contributed by atoms with Crippen molar-refractivity contribution in [3.05, 3.63) is 69.7 Å². The van der Waals surface area contributed by atoms with E-state index in [1.54, 1.807) is 0 Å². The standard InChI is InChI=1S/C26H38N2O4S2/c1-5-9-19-33(29,30)26(34(31,32)20-10-6-2)25(27-23-15-11-21(7-3)12-16-23)28-24-17-13-22(8-4)14-18-24/h11-18,27-28H,5-10,19-20H2,1-4H3. The normalized spacial score (nSPS) is 11.8. The first-order chi connectivity index (χ1) is 16.2. The Morgan fingerprint density at radius 3 is 1.26 bits per heavy atom. The average Bonchev–Trinajstić information content (AvgIpc) is 2.82. The third-order valence-corrected chi connectivity index (χ3v) is 10.3. The second-order valence-electron chi connectivity index (χ2n) is 8.36. The molecule has 0 bridgehead atoms. The molecule has 0 aromatic heterocycles. The number of sulfone groups is 2. The molecule has 2 aromatic rings. The molecule has 0 saturated carbocycles. The van der Waals surface area contributed by atoms with Crippen molar-refractivity contribution in [2.24, 2.45) is 0 Å². The second-order valence-corrected chi connectivity index (χ2v) is 12.7. The van der Waals surface area contributed by atoms with Crippen molar-refractivity contribution in [3.63, 3.8) is 0 Å². The molecule has 0 aliphatic rings. The number of rotatable bonds is 14. The molecule has 8 heteroatoms. The highest BCUT2D eigenvalue weighted by atomic mass is 32.3. The lowest BCUT2D eigenvalue weighted by Crippen LogP contribution is -2.26. The lowest BCUT2D eigenvalue weighted by atomic mass is 10.1. The van der Waals surface area contributed by atoms with Crippen LogP contribution in [-0.4, -0.2) is 28.3 Å². The van der Waals surface area contributed by atoms with Crippen LogP contribution in [0.5, 0.6) is 0 Å². The first-order valence-corrected chi connectivity index (χ1v) is 15.4. The van der Waals surface area contributed by atoms with Gasteiger partial charge in [0, 0.05) is 11.4 Å². The van der Waals surface area contributed by atoms with Crippen LogP contribution in [0.2, 0.25) is 0 Å². The van der Waals surface area contributed by atoms with Crippen molar-refractivity contribution < 1.29 is 16.8 Å². The Hall–Kier alpha value is -2.32. The maximum atomic E-state index is 13.4. The van der Waals surface area contributed by atoms with Crippen LogP contribution in [0, 0.1) is 0 Å². The van der Waals surface area contributed by atoms with Gasteiger partial charge in [0.25, 0.3) is 0 Å². The Kier molecular flexibility index (Phi) is 10.6. The fraction of sp³-hybridized carbons (Fsp3) is 0.462. The van der Waals surface area contributed by atoms with E-state index in [-0.39, 0.29) is 17.3 Å². The number of nitrogens with one attached hydrogen (secondary N) is 2. The van der Waals surface area contributed by atoms with Crippen LogP contribution in [0.1, 0.15) is 64.5 Å². The molecule has 34 heavy (non-hydrogen) atoms. The van der Waals surface area contributed by atoms with E-state index >= 15 is 0 Å². The number of unbranched alkanes of at least 4 members (excludes halogenated alkanes) is 2. The van der Waals surface area contributed by atoms with Crippen LogP contribution in [0.3, 0.4) is 0 Å². The molecule has 0 fully saturated rings. The van der Waals surface area contributed by atoms with Gasteiger partial charge in [-0.1, -0.05) is 64.8 Å². The van der Waals surface area contributed by atoms with E-state index in [0.29, 0.717) is 37.1 Å². The maximum Gasteiger partial charge on any atom is 0.199 e. The number of anilines is 2. The van der Waals surface area contributed by atoms with Gasteiger partial charge < -0.3 is 10.6 Å². The van der Waals surface area contributed by atoms with E-state index in [0.717, 1.165) is 24.0 Å². The maximum absolute atomic E-state index is 13.4. The van der Waals surface area contributed by atoms with E-state index < -0.39 is 23.9 Å². The Morgan fingerprint density at radius 2 is 0.971 bits per heavy atom. The molecule has 0 radical (unpaired) electrons. The zero-order valence-corrected chi connectivity index (χ0v) is 22.4. The summed E-state index contributed by atoms with van der Waals surface area (Å²) >= 11 is 0. The van der Waals surface area contributed by atoms with E-state index in [2.05, 4.69) is 10.6 Å². The minimum atomic E-state index is -4.07. The zero-order chi connectivity index (χ0) is 25.2. The topological polar surface area (TPSA) is 92.3 Å². The van der Waals surface area contributed by atoms with Crippen LogP contribution in [0.25, 0.3) is 0 Å². The Balaban J connectivity index is 2.68. The Labute approximate surface area is 205 Å². The van der Waals surface area contributed by atoms with E-state index in [4.69, 9.17) is 0 Å². The molecule has 0 spiro atoms. The minimum Gasteiger partial charge on any atom is -0.340 e. The summed E-state index contributed by atoms with van der Waals surface area (Å²) in [5, 5.41) is 6.17. The van der Waals surface area contributed by atoms with Crippen LogP contribution < -0.4 is 10.6 Å². The quantitative estimate of drug-likeness (QED) is 0.332. The van der Waals surface area contributed by atoms with Gasteiger partial charge in [-0.15, -0.1) is 0 Å². The molecule has 6 nitrogen and oxygen atoms in total. The fourth-order valence-corrected chi connectivity index (χ4v) is 8.01. The van der Waals surface area contributed by atoms with Crippen molar-refractivity contribution in [3.8, 4) is 0 Å². The highest BCUT2D eigenvalue weighted by Crippen LogP contribution is 2.27. The summed E-state index contributed by atoms with van der Waals surface area (Å²) in [7, 11) is -8.14. The average molecular weight is 507 g/mol. The molecule has 0 amide bonds. The molecule has 188 valence electrons. The van der Waals surface area contributed by atoms with Gasteiger partial charge in [-0.3, -0.25) is 0 Å². The number of aryl methyl sites for hydroxylation is 2. The molecule has 2 rings (SSSR count).